The molecule has 1 saturated heterocycles. The van der Waals surface area contributed by atoms with Gasteiger partial charge in [-0.2, -0.15) is 13.2 Å². The second-order valence-electron chi connectivity index (χ2n) is 7.67. The topological polar surface area (TPSA) is 109 Å². The van der Waals surface area contributed by atoms with Gasteiger partial charge in [0.2, 0.25) is 5.79 Å². The first-order valence-corrected chi connectivity index (χ1v) is 10.3. The Hall–Kier alpha value is -1.92. The number of rotatable bonds is 7. The zero-order chi connectivity index (χ0) is 24.4. The summed E-state index contributed by atoms with van der Waals surface area (Å²) >= 11 is 6.33. The predicted octanol–water partition coefficient (Wildman–Crippen LogP) is 2.14. The van der Waals surface area contributed by atoms with Gasteiger partial charge in [-0.1, -0.05) is 29.8 Å². The molecule has 0 radical (unpaired) electrons. The molecule has 4 N–H and O–H groups in total. The number of halogens is 4. The maximum absolute atomic E-state index is 12.3. The Balaban J connectivity index is 1.86. The molecule has 1 aliphatic rings. The molecule has 2 aromatic rings. The van der Waals surface area contributed by atoms with E-state index in [9.17, 15) is 33.6 Å². The average molecular weight is 493 g/mol. The molecule has 2 aromatic carbocycles. The monoisotopic (exact) mass is 492 g/mol. The summed E-state index contributed by atoms with van der Waals surface area (Å²) in [4.78, 5) is 0. The molecule has 182 valence electrons. The Morgan fingerprint density at radius 3 is 2.30 bits per heavy atom. The van der Waals surface area contributed by atoms with Gasteiger partial charge in [0.15, 0.2) is 6.61 Å². The minimum absolute atomic E-state index is 0.0653. The third-order valence-corrected chi connectivity index (χ3v) is 5.79. The smallest absolute Gasteiger partial charge is 0.422 e. The van der Waals surface area contributed by atoms with Crippen molar-refractivity contribution in [1.29, 1.82) is 0 Å². The minimum Gasteiger partial charge on any atom is -0.484 e. The van der Waals surface area contributed by atoms with E-state index in [0.29, 0.717) is 16.1 Å². The lowest BCUT2D eigenvalue weighted by atomic mass is 9.87. The highest BCUT2D eigenvalue weighted by molar-refractivity contribution is 6.31. The summed E-state index contributed by atoms with van der Waals surface area (Å²) < 4.78 is 52.7. The molecule has 1 aliphatic heterocycles. The van der Waals surface area contributed by atoms with Crippen LogP contribution in [0.15, 0.2) is 42.5 Å². The number of aliphatic hydroxyl groups excluding tert-OH is 4. The number of hydrogen-bond donors (Lipinski definition) is 4. The first-order chi connectivity index (χ1) is 15.5. The molecule has 0 saturated carbocycles. The van der Waals surface area contributed by atoms with Crippen molar-refractivity contribution >= 4 is 11.6 Å². The molecule has 0 aliphatic carbocycles. The Kier molecular flexibility index (Phi) is 7.90. The predicted molar refractivity (Wildman–Crippen MR) is 111 cm³/mol. The van der Waals surface area contributed by atoms with E-state index in [1.54, 1.807) is 18.2 Å². The lowest BCUT2D eigenvalue weighted by molar-refractivity contribution is -0.366. The number of benzene rings is 2. The summed E-state index contributed by atoms with van der Waals surface area (Å²) in [5, 5.41) is 40.8. The van der Waals surface area contributed by atoms with E-state index in [1.807, 2.05) is 0 Å². The lowest BCUT2D eigenvalue weighted by Crippen LogP contribution is -2.64. The summed E-state index contributed by atoms with van der Waals surface area (Å²) in [5.74, 6) is -1.82. The van der Waals surface area contributed by atoms with Crippen molar-refractivity contribution < 1.29 is 47.8 Å². The van der Waals surface area contributed by atoms with Crippen molar-refractivity contribution in [3.63, 3.8) is 0 Å². The summed E-state index contributed by atoms with van der Waals surface area (Å²) in [7, 11) is 1.25. The van der Waals surface area contributed by atoms with Crippen LogP contribution in [0.25, 0.3) is 0 Å². The van der Waals surface area contributed by atoms with Gasteiger partial charge >= 0.3 is 6.18 Å². The molecule has 1 heterocycles. The number of alkyl halides is 3. The minimum atomic E-state index is -4.44. The summed E-state index contributed by atoms with van der Waals surface area (Å²) in [6.07, 6.45) is -10.2. The molecule has 1 fully saturated rings. The molecule has 5 atom stereocenters. The molecule has 11 heteroatoms. The molecular formula is C22H24ClF3O7. The van der Waals surface area contributed by atoms with Crippen molar-refractivity contribution in [2.75, 3.05) is 20.3 Å². The normalized spacial score (nSPS) is 28.0. The molecule has 3 rings (SSSR count). The van der Waals surface area contributed by atoms with Crippen molar-refractivity contribution in [3.8, 4) is 5.75 Å². The molecule has 7 nitrogen and oxygen atoms in total. The Morgan fingerprint density at radius 2 is 1.73 bits per heavy atom. The van der Waals surface area contributed by atoms with Crippen LogP contribution in [0.2, 0.25) is 5.02 Å². The zero-order valence-electron chi connectivity index (χ0n) is 17.5. The van der Waals surface area contributed by atoms with E-state index in [4.69, 9.17) is 25.8 Å². The van der Waals surface area contributed by atoms with Crippen LogP contribution < -0.4 is 4.74 Å². The number of aliphatic hydroxyl groups is 4. The van der Waals surface area contributed by atoms with Crippen LogP contribution in [0.5, 0.6) is 5.75 Å². The van der Waals surface area contributed by atoms with Gasteiger partial charge in [-0.15, -0.1) is 0 Å². The molecule has 0 spiro atoms. The van der Waals surface area contributed by atoms with E-state index >= 15 is 0 Å². The van der Waals surface area contributed by atoms with Crippen LogP contribution in [0.4, 0.5) is 13.2 Å². The van der Waals surface area contributed by atoms with Gasteiger partial charge in [-0.3, -0.25) is 0 Å². The molecule has 1 unspecified atom stereocenters. The Bertz CT molecular complexity index is 939. The van der Waals surface area contributed by atoms with Gasteiger partial charge in [-0.25, -0.2) is 0 Å². The third kappa shape index (κ3) is 5.60. The number of hydrogen-bond acceptors (Lipinski definition) is 7. The van der Waals surface area contributed by atoms with Crippen LogP contribution in [0.3, 0.4) is 0 Å². The summed E-state index contributed by atoms with van der Waals surface area (Å²) in [6, 6.07) is 10.6. The maximum Gasteiger partial charge on any atom is 0.422 e. The van der Waals surface area contributed by atoms with Gasteiger partial charge < -0.3 is 34.6 Å². The van der Waals surface area contributed by atoms with Gasteiger partial charge in [-0.05, 0) is 41.8 Å². The fraction of sp³-hybridized carbons (Fsp3) is 0.455. The van der Waals surface area contributed by atoms with Gasteiger partial charge in [0.25, 0.3) is 0 Å². The first-order valence-electron chi connectivity index (χ1n) is 9.96. The van der Waals surface area contributed by atoms with E-state index in [1.165, 1.54) is 31.4 Å². The highest BCUT2D eigenvalue weighted by Crippen LogP contribution is 2.40. The van der Waals surface area contributed by atoms with Crippen LogP contribution in [-0.4, -0.2) is 71.3 Å². The Morgan fingerprint density at radius 1 is 1.06 bits per heavy atom. The Labute approximate surface area is 192 Å². The van der Waals surface area contributed by atoms with Crippen LogP contribution in [0, 0.1) is 0 Å². The van der Waals surface area contributed by atoms with Gasteiger partial charge in [0.05, 0.1) is 6.61 Å². The van der Waals surface area contributed by atoms with Gasteiger partial charge in [0.1, 0.15) is 30.2 Å². The van der Waals surface area contributed by atoms with Crippen molar-refractivity contribution in [2.24, 2.45) is 0 Å². The average Bonchev–Trinajstić information content (AvgIpc) is 2.79. The largest absolute Gasteiger partial charge is 0.484 e. The lowest BCUT2D eigenvalue weighted by Gasteiger charge is -2.47. The highest BCUT2D eigenvalue weighted by atomic mass is 35.5. The summed E-state index contributed by atoms with van der Waals surface area (Å²) in [6.45, 7) is -2.02. The number of ether oxygens (including phenoxy) is 3. The molecule has 0 bridgehead atoms. The second-order valence-corrected chi connectivity index (χ2v) is 8.07. The highest BCUT2D eigenvalue weighted by Gasteiger charge is 2.55. The quantitative estimate of drug-likeness (QED) is 0.469. The molecular weight excluding hydrogens is 469 g/mol. The SMILES string of the molecule is CO[C@@]1(c2ccc(Cl)c(Cc3ccc(OCC(F)(F)F)cc3)c2)O[C@H](CO)[C@@H](O)C(O)[C@H]1O. The van der Waals surface area contributed by atoms with E-state index < -0.39 is 49.6 Å². The maximum atomic E-state index is 12.3. The van der Waals surface area contributed by atoms with E-state index in [2.05, 4.69) is 0 Å². The molecule has 0 amide bonds. The summed E-state index contributed by atoms with van der Waals surface area (Å²) in [5.41, 5.74) is 1.58. The zero-order valence-corrected chi connectivity index (χ0v) is 18.3. The van der Waals surface area contributed by atoms with E-state index in [0.717, 1.165) is 0 Å². The van der Waals surface area contributed by atoms with E-state index in [-0.39, 0.29) is 17.7 Å². The molecule has 0 aromatic heterocycles. The number of methoxy groups -OCH3 is 1. The standard InChI is InChI=1S/C22H24ClF3O7/c1-31-22(20(30)19(29)18(28)17(10-27)33-22)14-4-7-16(23)13(9-14)8-12-2-5-15(6-3-12)32-11-21(24,25)26/h2-7,9,17-20,27-30H,8,10-11H2,1H3/t17-,18-,19?,20-,22+/m1/s1. The second kappa shape index (κ2) is 10.1. The van der Waals surface area contributed by atoms with Gasteiger partial charge in [0, 0.05) is 17.7 Å². The fourth-order valence-corrected chi connectivity index (χ4v) is 3.87. The first kappa shape index (κ1) is 25.7. The van der Waals surface area contributed by atoms with Crippen LogP contribution in [-0.2, 0) is 21.7 Å². The van der Waals surface area contributed by atoms with Crippen molar-refractivity contribution in [3.05, 3.63) is 64.2 Å². The fourth-order valence-electron chi connectivity index (χ4n) is 3.68. The van der Waals surface area contributed by atoms with Crippen molar-refractivity contribution in [1.82, 2.24) is 0 Å². The molecule has 33 heavy (non-hydrogen) atoms. The van der Waals surface area contributed by atoms with Crippen LogP contribution in [0.1, 0.15) is 16.7 Å². The van der Waals surface area contributed by atoms with Crippen LogP contribution >= 0.6 is 11.6 Å². The third-order valence-electron chi connectivity index (χ3n) is 5.42. The van der Waals surface area contributed by atoms with Crippen molar-refractivity contribution in [2.45, 2.75) is 42.8 Å².